The van der Waals surface area contributed by atoms with Gasteiger partial charge < -0.3 is 20.0 Å². The molecule has 2 aromatic carbocycles. The monoisotopic (exact) mass is 392 g/mol. The van der Waals surface area contributed by atoms with Crippen LogP contribution < -0.4 is 14.8 Å². The Balaban J connectivity index is 2.05. The third-order valence-corrected chi connectivity index (χ3v) is 3.73. The fraction of sp³-hybridized carbons (Fsp3) is 0.176. The van der Waals surface area contributed by atoms with E-state index in [1.165, 1.54) is 13.3 Å². The molecule has 0 spiro atoms. The van der Waals surface area contributed by atoms with E-state index in [1.54, 1.807) is 12.1 Å². The summed E-state index contributed by atoms with van der Waals surface area (Å²) in [6.07, 6.45) is 1.27. The number of hydrogen-bond acceptors (Lipinski definition) is 5. The van der Waals surface area contributed by atoms with Crippen LogP contribution in [0.1, 0.15) is 11.1 Å². The summed E-state index contributed by atoms with van der Waals surface area (Å²) in [5.74, 6) is 0.530. The lowest BCUT2D eigenvalue weighted by atomic mass is 10.2. The van der Waals surface area contributed by atoms with Crippen molar-refractivity contribution in [1.82, 2.24) is 0 Å². The summed E-state index contributed by atoms with van der Waals surface area (Å²) >= 11 is 3.35. The van der Waals surface area contributed by atoms with Gasteiger partial charge in [-0.05, 0) is 47.1 Å². The molecule has 0 saturated carbocycles. The fourth-order valence-corrected chi connectivity index (χ4v) is 2.57. The normalized spacial score (nSPS) is 10.6. The number of ether oxygens (including phenoxy) is 2. The minimum absolute atomic E-state index is 0.170. The number of carbonyl (C=O) groups excluding carboxylic acids is 1. The van der Waals surface area contributed by atoms with Gasteiger partial charge in [0, 0.05) is 11.3 Å². The molecular formula is C17H17BrN2O4. The van der Waals surface area contributed by atoms with Crippen LogP contribution in [0.25, 0.3) is 0 Å². The zero-order valence-electron chi connectivity index (χ0n) is 13.2. The molecule has 24 heavy (non-hydrogen) atoms. The number of nitrogens with one attached hydrogen (secondary N) is 1. The van der Waals surface area contributed by atoms with Crippen molar-refractivity contribution in [3.05, 3.63) is 52.0 Å². The zero-order chi connectivity index (χ0) is 17.5. The maximum atomic E-state index is 12.0. The molecule has 2 rings (SSSR count). The van der Waals surface area contributed by atoms with Crippen LogP contribution in [-0.4, -0.2) is 31.0 Å². The number of aryl methyl sites for hydroxylation is 1. The Morgan fingerprint density at radius 3 is 2.67 bits per heavy atom. The molecule has 0 atom stereocenters. The standard InChI is InChI=1S/C17H17BrN2O4/c1-11-3-5-13(6-4-11)20-16(21)10-24-17-14(18)7-12(9-19-22)8-15(17)23-2/h3-9,22H,10H2,1-2H3,(H,20,21). The first-order valence-electron chi connectivity index (χ1n) is 7.07. The Bertz CT molecular complexity index is 745. The van der Waals surface area contributed by atoms with E-state index in [1.807, 2.05) is 31.2 Å². The highest BCUT2D eigenvalue weighted by atomic mass is 79.9. The summed E-state index contributed by atoms with van der Waals surface area (Å²) in [4.78, 5) is 12.0. The molecule has 0 fully saturated rings. The van der Waals surface area contributed by atoms with Gasteiger partial charge in [0.25, 0.3) is 5.91 Å². The molecule has 1 amide bonds. The lowest BCUT2D eigenvalue weighted by Crippen LogP contribution is -2.20. The molecule has 0 aliphatic carbocycles. The van der Waals surface area contributed by atoms with E-state index in [9.17, 15) is 4.79 Å². The number of nitrogens with zero attached hydrogens (tertiary/aromatic N) is 1. The third-order valence-electron chi connectivity index (χ3n) is 3.14. The summed E-state index contributed by atoms with van der Waals surface area (Å²) in [7, 11) is 1.49. The number of methoxy groups -OCH3 is 1. The molecule has 126 valence electrons. The number of benzene rings is 2. The van der Waals surface area contributed by atoms with E-state index in [4.69, 9.17) is 14.7 Å². The third kappa shape index (κ3) is 4.73. The summed E-state index contributed by atoms with van der Waals surface area (Å²) in [6.45, 7) is 1.81. The van der Waals surface area contributed by atoms with Crippen LogP contribution in [0.5, 0.6) is 11.5 Å². The van der Waals surface area contributed by atoms with Crippen LogP contribution >= 0.6 is 15.9 Å². The van der Waals surface area contributed by atoms with Crippen LogP contribution in [0.15, 0.2) is 46.0 Å². The highest BCUT2D eigenvalue weighted by Crippen LogP contribution is 2.36. The molecule has 0 aliphatic heterocycles. The van der Waals surface area contributed by atoms with Gasteiger partial charge in [-0.2, -0.15) is 0 Å². The van der Waals surface area contributed by atoms with Crippen molar-refractivity contribution in [3.63, 3.8) is 0 Å². The van der Waals surface area contributed by atoms with Crippen molar-refractivity contribution in [2.45, 2.75) is 6.92 Å². The second kappa shape index (κ2) is 8.35. The van der Waals surface area contributed by atoms with Gasteiger partial charge in [-0.1, -0.05) is 22.9 Å². The van der Waals surface area contributed by atoms with E-state index in [0.29, 0.717) is 27.2 Å². The molecule has 0 aromatic heterocycles. The highest BCUT2D eigenvalue weighted by Gasteiger charge is 2.13. The second-order valence-corrected chi connectivity index (χ2v) is 5.84. The van der Waals surface area contributed by atoms with Crippen molar-refractivity contribution in [2.75, 3.05) is 19.0 Å². The van der Waals surface area contributed by atoms with Crippen LogP contribution in [0.3, 0.4) is 0 Å². The lowest BCUT2D eigenvalue weighted by Gasteiger charge is -2.13. The molecule has 0 radical (unpaired) electrons. The van der Waals surface area contributed by atoms with Gasteiger partial charge in [0.1, 0.15) is 0 Å². The van der Waals surface area contributed by atoms with E-state index in [-0.39, 0.29) is 12.5 Å². The first kappa shape index (κ1) is 17.8. The Labute approximate surface area is 148 Å². The van der Waals surface area contributed by atoms with Gasteiger partial charge in [-0.3, -0.25) is 4.79 Å². The zero-order valence-corrected chi connectivity index (χ0v) is 14.8. The summed E-state index contributed by atoms with van der Waals surface area (Å²) in [5, 5.41) is 14.3. The van der Waals surface area contributed by atoms with Crippen molar-refractivity contribution >= 4 is 33.7 Å². The number of rotatable bonds is 6. The van der Waals surface area contributed by atoms with Gasteiger partial charge in [-0.15, -0.1) is 0 Å². The van der Waals surface area contributed by atoms with Crippen LogP contribution in [0, 0.1) is 6.92 Å². The minimum atomic E-state index is -0.284. The average Bonchev–Trinajstić information content (AvgIpc) is 2.56. The van der Waals surface area contributed by atoms with Crippen molar-refractivity contribution in [2.24, 2.45) is 5.16 Å². The molecule has 0 unspecified atom stereocenters. The maximum Gasteiger partial charge on any atom is 0.262 e. The quantitative estimate of drug-likeness (QED) is 0.447. The molecule has 6 nitrogen and oxygen atoms in total. The molecule has 0 heterocycles. The van der Waals surface area contributed by atoms with Gasteiger partial charge >= 0.3 is 0 Å². The first-order valence-corrected chi connectivity index (χ1v) is 7.87. The van der Waals surface area contributed by atoms with E-state index >= 15 is 0 Å². The fourth-order valence-electron chi connectivity index (χ4n) is 1.99. The smallest absolute Gasteiger partial charge is 0.262 e. The number of halogens is 1. The summed E-state index contributed by atoms with van der Waals surface area (Å²) in [5.41, 5.74) is 2.44. The number of anilines is 1. The first-order chi connectivity index (χ1) is 11.5. The number of hydrogen-bond donors (Lipinski definition) is 2. The summed E-state index contributed by atoms with van der Waals surface area (Å²) in [6, 6.07) is 10.8. The molecule has 2 aromatic rings. The predicted molar refractivity (Wildman–Crippen MR) is 95.4 cm³/mol. The van der Waals surface area contributed by atoms with Gasteiger partial charge in [0.2, 0.25) is 0 Å². The Morgan fingerprint density at radius 2 is 2.04 bits per heavy atom. The van der Waals surface area contributed by atoms with Crippen LogP contribution in [0.4, 0.5) is 5.69 Å². The molecule has 0 bridgehead atoms. The number of oxime groups is 1. The maximum absolute atomic E-state index is 12.0. The van der Waals surface area contributed by atoms with Gasteiger partial charge in [0.15, 0.2) is 18.1 Å². The van der Waals surface area contributed by atoms with Crippen LogP contribution in [-0.2, 0) is 4.79 Å². The Hall–Kier alpha value is -2.54. The Morgan fingerprint density at radius 1 is 1.33 bits per heavy atom. The lowest BCUT2D eigenvalue weighted by molar-refractivity contribution is -0.118. The highest BCUT2D eigenvalue weighted by molar-refractivity contribution is 9.10. The molecule has 0 aliphatic rings. The van der Waals surface area contributed by atoms with E-state index in [2.05, 4.69) is 26.4 Å². The minimum Gasteiger partial charge on any atom is -0.493 e. The predicted octanol–water partition coefficient (Wildman–Crippen LogP) is 3.59. The topological polar surface area (TPSA) is 80.2 Å². The van der Waals surface area contributed by atoms with Crippen LogP contribution in [0.2, 0.25) is 0 Å². The van der Waals surface area contributed by atoms with E-state index in [0.717, 1.165) is 5.56 Å². The van der Waals surface area contributed by atoms with Crippen molar-refractivity contribution < 1.29 is 19.5 Å². The molecule has 7 heteroatoms. The van der Waals surface area contributed by atoms with Gasteiger partial charge in [-0.25, -0.2) is 0 Å². The Kier molecular flexibility index (Phi) is 6.20. The van der Waals surface area contributed by atoms with Crippen molar-refractivity contribution in [3.8, 4) is 11.5 Å². The second-order valence-electron chi connectivity index (χ2n) is 4.98. The summed E-state index contributed by atoms with van der Waals surface area (Å²) < 4.78 is 11.4. The number of carbonyl (C=O) groups is 1. The van der Waals surface area contributed by atoms with Crippen molar-refractivity contribution in [1.29, 1.82) is 0 Å². The average molecular weight is 393 g/mol. The number of amides is 1. The van der Waals surface area contributed by atoms with Gasteiger partial charge in [0.05, 0.1) is 17.8 Å². The molecule has 2 N–H and O–H groups in total. The molecule has 0 saturated heterocycles. The SMILES string of the molecule is COc1cc(C=NO)cc(Br)c1OCC(=O)Nc1ccc(C)cc1. The molecular weight excluding hydrogens is 376 g/mol. The largest absolute Gasteiger partial charge is 0.493 e. The van der Waals surface area contributed by atoms with E-state index < -0.39 is 0 Å².